The van der Waals surface area contributed by atoms with Gasteiger partial charge >= 0.3 is 0 Å². The molecule has 2 nitrogen and oxygen atoms in total. The van der Waals surface area contributed by atoms with Gasteiger partial charge < -0.3 is 0 Å². The molecule has 2 heterocycles. The Labute approximate surface area is 146 Å². The maximum absolute atomic E-state index is 13.7. The Hall–Kier alpha value is -2.81. The highest BCUT2D eigenvalue weighted by atomic mass is 19.1. The second-order valence-electron chi connectivity index (χ2n) is 6.63. The van der Waals surface area contributed by atoms with Crippen molar-refractivity contribution in [3.8, 4) is 0 Å². The quantitative estimate of drug-likeness (QED) is 0.612. The number of allylic oxidation sites excluding steroid dienone is 4. The zero-order valence-electron chi connectivity index (χ0n) is 14.3. The van der Waals surface area contributed by atoms with E-state index in [1.54, 1.807) is 19.2 Å². The Morgan fingerprint density at radius 3 is 2.80 bits per heavy atom. The second kappa shape index (κ2) is 6.25. The molecule has 1 aromatic carbocycles. The monoisotopic (exact) mass is 330 g/mol. The molecule has 3 aromatic rings. The summed E-state index contributed by atoms with van der Waals surface area (Å²) in [5, 5.41) is 0. The molecule has 0 radical (unpaired) electrons. The SMILES string of the molecule is Cc1cc(C2=C(c3ccc4ncccc4n3)C=CC(C)C2)ccc1F. The molecule has 4 rings (SSSR count). The van der Waals surface area contributed by atoms with Gasteiger partial charge in [-0.3, -0.25) is 4.98 Å². The molecule has 0 aliphatic heterocycles. The maximum atomic E-state index is 13.7. The standard InChI is InChI=1S/C22H19FN2/c1-14-5-7-17(18(12-14)16-6-8-19(23)15(2)13-16)20-9-10-21-22(25-20)4-3-11-24-21/h3-11,13-14H,12H2,1-2H3. The Morgan fingerprint density at radius 1 is 1.08 bits per heavy atom. The van der Waals surface area contributed by atoms with Gasteiger partial charge in [-0.1, -0.05) is 25.1 Å². The Balaban J connectivity index is 1.90. The Bertz CT molecular complexity index is 1020. The number of rotatable bonds is 2. The minimum absolute atomic E-state index is 0.166. The van der Waals surface area contributed by atoms with Crippen molar-refractivity contribution in [2.45, 2.75) is 20.3 Å². The van der Waals surface area contributed by atoms with E-state index in [1.807, 2.05) is 36.4 Å². The van der Waals surface area contributed by atoms with Crippen LogP contribution in [0.15, 0.2) is 60.8 Å². The molecule has 1 aliphatic rings. The molecule has 1 unspecified atom stereocenters. The summed E-state index contributed by atoms with van der Waals surface area (Å²) >= 11 is 0. The average molecular weight is 330 g/mol. The lowest BCUT2D eigenvalue weighted by Gasteiger charge is -2.21. The summed E-state index contributed by atoms with van der Waals surface area (Å²) in [4.78, 5) is 9.13. The van der Waals surface area contributed by atoms with Gasteiger partial charge in [0.05, 0.1) is 16.7 Å². The number of halogens is 1. The van der Waals surface area contributed by atoms with Crippen LogP contribution >= 0.6 is 0 Å². The van der Waals surface area contributed by atoms with Crippen LogP contribution in [-0.4, -0.2) is 9.97 Å². The predicted octanol–water partition coefficient (Wildman–Crippen LogP) is 5.58. The molecule has 25 heavy (non-hydrogen) atoms. The third-order valence-corrected chi connectivity index (χ3v) is 4.68. The number of benzene rings is 1. The van der Waals surface area contributed by atoms with E-state index in [-0.39, 0.29) is 5.82 Å². The summed E-state index contributed by atoms with van der Waals surface area (Å²) in [7, 11) is 0. The van der Waals surface area contributed by atoms with Crippen molar-refractivity contribution in [2.75, 3.05) is 0 Å². The lowest BCUT2D eigenvalue weighted by Crippen LogP contribution is -2.03. The number of pyridine rings is 2. The van der Waals surface area contributed by atoms with Gasteiger partial charge in [0, 0.05) is 11.8 Å². The van der Waals surface area contributed by atoms with Crippen LogP contribution in [0.5, 0.6) is 0 Å². The van der Waals surface area contributed by atoms with E-state index >= 15 is 0 Å². The van der Waals surface area contributed by atoms with Crippen LogP contribution < -0.4 is 0 Å². The van der Waals surface area contributed by atoms with Crippen molar-refractivity contribution >= 4 is 22.2 Å². The molecule has 3 heteroatoms. The molecule has 1 aliphatic carbocycles. The smallest absolute Gasteiger partial charge is 0.126 e. The highest BCUT2D eigenvalue weighted by molar-refractivity contribution is 5.96. The molecule has 2 aromatic heterocycles. The van der Waals surface area contributed by atoms with E-state index < -0.39 is 0 Å². The first-order valence-corrected chi connectivity index (χ1v) is 8.52. The summed E-state index contributed by atoms with van der Waals surface area (Å²) in [6.45, 7) is 4.00. The van der Waals surface area contributed by atoms with Crippen LogP contribution in [0.25, 0.3) is 22.2 Å². The van der Waals surface area contributed by atoms with E-state index in [0.717, 1.165) is 34.3 Å². The molecule has 0 bridgehead atoms. The molecule has 0 saturated carbocycles. The summed E-state index contributed by atoms with van der Waals surface area (Å²) < 4.78 is 13.7. The minimum Gasteiger partial charge on any atom is -0.255 e. The van der Waals surface area contributed by atoms with Gasteiger partial charge in [-0.05, 0) is 72.4 Å². The fourth-order valence-electron chi connectivity index (χ4n) is 3.31. The molecule has 1 atom stereocenters. The van der Waals surface area contributed by atoms with Crippen molar-refractivity contribution in [1.82, 2.24) is 9.97 Å². The topological polar surface area (TPSA) is 25.8 Å². The zero-order chi connectivity index (χ0) is 17.4. The van der Waals surface area contributed by atoms with Crippen molar-refractivity contribution in [3.63, 3.8) is 0 Å². The van der Waals surface area contributed by atoms with Crippen LogP contribution in [-0.2, 0) is 0 Å². The number of fused-ring (bicyclic) bond motifs is 1. The molecule has 0 N–H and O–H groups in total. The third kappa shape index (κ3) is 2.98. The van der Waals surface area contributed by atoms with Crippen LogP contribution in [0.3, 0.4) is 0 Å². The molecular weight excluding hydrogens is 311 g/mol. The van der Waals surface area contributed by atoms with Crippen LogP contribution in [0.2, 0.25) is 0 Å². The molecule has 0 fully saturated rings. The summed E-state index contributed by atoms with van der Waals surface area (Å²) in [5.74, 6) is 0.284. The first kappa shape index (κ1) is 15.7. The number of hydrogen-bond acceptors (Lipinski definition) is 2. The molecular formula is C22H19FN2. The Morgan fingerprint density at radius 2 is 1.96 bits per heavy atom. The number of nitrogens with zero attached hydrogens (tertiary/aromatic N) is 2. The summed E-state index contributed by atoms with van der Waals surface area (Å²) in [6, 6.07) is 13.2. The van der Waals surface area contributed by atoms with Gasteiger partial charge in [0.2, 0.25) is 0 Å². The van der Waals surface area contributed by atoms with Crippen LogP contribution in [0.1, 0.15) is 30.2 Å². The van der Waals surface area contributed by atoms with Gasteiger partial charge in [0.25, 0.3) is 0 Å². The van der Waals surface area contributed by atoms with Gasteiger partial charge in [-0.2, -0.15) is 0 Å². The molecule has 0 spiro atoms. The minimum atomic E-state index is -0.166. The first-order valence-electron chi connectivity index (χ1n) is 8.52. The van der Waals surface area contributed by atoms with Crippen LogP contribution in [0, 0.1) is 18.7 Å². The number of aromatic nitrogens is 2. The second-order valence-corrected chi connectivity index (χ2v) is 6.63. The van der Waals surface area contributed by atoms with Crippen LogP contribution in [0.4, 0.5) is 4.39 Å². The fraction of sp³-hybridized carbons (Fsp3) is 0.182. The number of aryl methyl sites for hydroxylation is 1. The number of hydrogen-bond donors (Lipinski definition) is 0. The van der Waals surface area contributed by atoms with Crippen molar-refractivity contribution < 1.29 is 4.39 Å². The maximum Gasteiger partial charge on any atom is 0.126 e. The first-order chi connectivity index (χ1) is 12.1. The molecule has 0 saturated heterocycles. The normalized spacial score (nSPS) is 17.3. The van der Waals surface area contributed by atoms with Gasteiger partial charge in [0.15, 0.2) is 0 Å². The Kier molecular flexibility index (Phi) is 3.92. The van der Waals surface area contributed by atoms with Crippen molar-refractivity contribution in [3.05, 3.63) is 83.5 Å². The van der Waals surface area contributed by atoms with E-state index in [9.17, 15) is 4.39 Å². The predicted molar refractivity (Wildman–Crippen MR) is 100 cm³/mol. The van der Waals surface area contributed by atoms with E-state index in [0.29, 0.717) is 11.5 Å². The highest BCUT2D eigenvalue weighted by Crippen LogP contribution is 2.36. The van der Waals surface area contributed by atoms with Gasteiger partial charge in [-0.15, -0.1) is 0 Å². The highest BCUT2D eigenvalue weighted by Gasteiger charge is 2.18. The fourth-order valence-corrected chi connectivity index (χ4v) is 3.31. The largest absolute Gasteiger partial charge is 0.255 e. The summed E-state index contributed by atoms with van der Waals surface area (Å²) in [6.07, 6.45) is 7.05. The lowest BCUT2D eigenvalue weighted by atomic mass is 9.85. The molecule has 0 amide bonds. The van der Waals surface area contributed by atoms with Gasteiger partial charge in [0.1, 0.15) is 5.82 Å². The third-order valence-electron chi connectivity index (χ3n) is 4.68. The van der Waals surface area contributed by atoms with E-state index in [2.05, 4.69) is 24.1 Å². The van der Waals surface area contributed by atoms with E-state index in [1.165, 1.54) is 5.57 Å². The molecule has 124 valence electrons. The van der Waals surface area contributed by atoms with Gasteiger partial charge in [-0.25, -0.2) is 9.37 Å². The zero-order valence-corrected chi connectivity index (χ0v) is 14.3. The summed E-state index contributed by atoms with van der Waals surface area (Å²) in [5.41, 5.74) is 6.76. The van der Waals surface area contributed by atoms with Crippen molar-refractivity contribution in [2.24, 2.45) is 5.92 Å². The average Bonchev–Trinajstić information content (AvgIpc) is 2.63. The van der Waals surface area contributed by atoms with E-state index in [4.69, 9.17) is 4.98 Å². The lowest BCUT2D eigenvalue weighted by molar-refractivity contribution is 0.618. The van der Waals surface area contributed by atoms with Crippen molar-refractivity contribution in [1.29, 1.82) is 0 Å².